The van der Waals surface area contributed by atoms with Gasteiger partial charge in [-0.2, -0.15) is 0 Å². The smallest absolute Gasteiger partial charge is 0.255 e. The Kier molecular flexibility index (Phi) is 3.71. The molecule has 0 fully saturated rings. The highest BCUT2D eigenvalue weighted by Crippen LogP contribution is 2.31. The van der Waals surface area contributed by atoms with Crippen LogP contribution in [0.2, 0.25) is 0 Å². The second kappa shape index (κ2) is 5.67. The lowest BCUT2D eigenvalue weighted by Crippen LogP contribution is -2.44. The molecular weight excluding hydrogens is 276 g/mol. The van der Waals surface area contributed by atoms with Crippen LogP contribution in [0.25, 0.3) is 0 Å². The van der Waals surface area contributed by atoms with Crippen molar-refractivity contribution in [3.05, 3.63) is 53.7 Å². The highest BCUT2D eigenvalue weighted by Gasteiger charge is 2.29. The fourth-order valence-corrected chi connectivity index (χ4v) is 2.67. The van der Waals surface area contributed by atoms with E-state index in [2.05, 4.69) is 27.0 Å². The zero-order chi connectivity index (χ0) is 15.7. The molecule has 3 rings (SSSR count). The standard InChI is InChI=1S/C17H20N4O/c1-4-20(2)15-10-9-12(11-18-15)16-19-17(22)13-7-5-6-8-14(13)21(16)3/h5-11,16H,4H2,1-3H3,(H,19,22)/t16-/m0/s1. The highest BCUT2D eigenvalue weighted by atomic mass is 16.2. The van der Waals surface area contributed by atoms with Gasteiger partial charge in [0.15, 0.2) is 0 Å². The molecule has 0 saturated heterocycles. The third-order valence-electron chi connectivity index (χ3n) is 4.14. The maximum atomic E-state index is 12.3. The van der Waals surface area contributed by atoms with Crippen molar-refractivity contribution in [3.8, 4) is 0 Å². The van der Waals surface area contributed by atoms with Gasteiger partial charge in [-0.15, -0.1) is 0 Å². The lowest BCUT2D eigenvalue weighted by atomic mass is 10.1. The summed E-state index contributed by atoms with van der Waals surface area (Å²) in [5.41, 5.74) is 2.61. The van der Waals surface area contributed by atoms with Gasteiger partial charge in [0.1, 0.15) is 12.0 Å². The second-order valence-electron chi connectivity index (χ2n) is 5.47. The summed E-state index contributed by atoms with van der Waals surface area (Å²) >= 11 is 0. The summed E-state index contributed by atoms with van der Waals surface area (Å²) in [6, 6.07) is 11.6. The minimum atomic E-state index is -0.198. The molecule has 114 valence electrons. The third kappa shape index (κ3) is 2.39. The van der Waals surface area contributed by atoms with Crippen LogP contribution < -0.4 is 15.1 Å². The number of aromatic nitrogens is 1. The van der Waals surface area contributed by atoms with E-state index in [1.807, 2.05) is 56.7 Å². The first-order valence-electron chi connectivity index (χ1n) is 7.41. The van der Waals surface area contributed by atoms with E-state index in [1.165, 1.54) is 0 Å². The number of para-hydroxylation sites is 1. The quantitative estimate of drug-likeness (QED) is 0.945. The number of anilines is 2. The highest BCUT2D eigenvalue weighted by molar-refractivity contribution is 6.01. The van der Waals surface area contributed by atoms with Crippen LogP contribution in [0.5, 0.6) is 0 Å². The first kappa shape index (κ1) is 14.4. The van der Waals surface area contributed by atoms with Crippen molar-refractivity contribution in [3.63, 3.8) is 0 Å². The number of benzene rings is 1. The lowest BCUT2D eigenvalue weighted by Gasteiger charge is -2.36. The molecule has 0 bridgehead atoms. The average molecular weight is 296 g/mol. The van der Waals surface area contributed by atoms with Gasteiger partial charge in [-0.25, -0.2) is 4.98 Å². The van der Waals surface area contributed by atoms with E-state index < -0.39 is 0 Å². The Morgan fingerprint density at radius 3 is 2.73 bits per heavy atom. The number of hydrogen-bond acceptors (Lipinski definition) is 4. The van der Waals surface area contributed by atoms with Gasteiger partial charge >= 0.3 is 0 Å². The molecule has 1 atom stereocenters. The molecule has 1 aromatic carbocycles. The minimum absolute atomic E-state index is 0.0477. The zero-order valence-corrected chi connectivity index (χ0v) is 13.1. The molecule has 0 spiro atoms. The first-order valence-corrected chi connectivity index (χ1v) is 7.41. The number of amides is 1. The number of fused-ring (bicyclic) bond motifs is 1. The molecule has 2 heterocycles. The molecule has 1 aliphatic heterocycles. The minimum Gasteiger partial charge on any atom is -0.360 e. The summed E-state index contributed by atoms with van der Waals surface area (Å²) in [5.74, 6) is 0.880. The molecule has 1 N–H and O–H groups in total. The first-order chi connectivity index (χ1) is 10.6. The summed E-state index contributed by atoms with van der Waals surface area (Å²) in [6.07, 6.45) is 1.63. The van der Waals surface area contributed by atoms with Crippen LogP contribution >= 0.6 is 0 Å². The Morgan fingerprint density at radius 2 is 2.05 bits per heavy atom. The monoisotopic (exact) mass is 296 g/mol. The van der Waals surface area contributed by atoms with Crippen LogP contribution in [-0.4, -0.2) is 31.5 Å². The maximum absolute atomic E-state index is 12.3. The molecule has 1 aromatic heterocycles. The van der Waals surface area contributed by atoms with Crippen molar-refractivity contribution in [2.24, 2.45) is 0 Å². The summed E-state index contributed by atoms with van der Waals surface area (Å²) in [6.45, 7) is 2.99. The van der Waals surface area contributed by atoms with E-state index in [4.69, 9.17) is 0 Å². The van der Waals surface area contributed by atoms with E-state index in [9.17, 15) is 4.79 Å². The molecule has 1 aliphatic rings. The summed E-state index contributed by atoms with van der Waals surface area (Å²) in [7, 11) is 3.99. The molecule has 0 radical (unpaired) electrons. The Morgan fingerprint density at radius 1 is 1.27 bits per heavy atom. The van der Waals surface area contributed by atoms with Crippen molar-refractivity contribution in [2.45, 2.75) is 13.1 Å². The van der Waals surface area contributed by atoms with Crippen LogP contribution in [-0.2, 0) is 0 Å². The normalized spacial score (nSPS) is 17.0. The fraction of sp³-hybridized carbons (Fsp3) is 0.294. The van der Waals surface area contributed by atoms with Crippen molar-refractivity contribution in [2.75, 3.05) is 30.4 Å². The van der Waals surface area contributed by atoms with E-state index >= 15 is 0 Å². The predicted molar refractivity (Wildman–Crippen MR) is 88.2 cm³/mol. The largest absolute Gasteiger partial charge is 0.360 e. The topological polar surface area (TPSA) is 48.5 Å². The van der Waals surface area contributed by atoms with E-state index in [0.29, 0.717) is 5.56 Å². The molecule has 2 aromatic rings. The zero-order valence-electron chi connectivity index (χ0n) is 13.1. The SMILES string of the molecule is CCN(C)c1ccc([C@H]2NC(=O)c3ccccc3N2C)cn1. The lowest BCUT2D eigenvalue weighted by molar-refractivity contribution is 0.0928. The van der Waals surface area contributed by atoms with Gasteiger partial charge in [0.2, 0.25) is 0 Å². The molecule has 22 heavy (non-hydrogen) atoms. The summed E-state index contributed by atoms with van der Waals surface area (Å²) in [5, 5.41) is 3.03. The van der Waals surface area contributed by atoms with Gasteiger partial charge in [-0.05, 0) is 31.2 Å². The van der Waals surface area contributed by atoms with Crippen LogP contribution in [0, 0.1) is 0 Å². The number of nitrogens with one attached hydrogen (secondary N) is 1. The van der Waals surface area contributed by atoms with E-state index in [1.54, 1.807) is 0 Å². The number of carbonyl (C=O) groups is 1. The molecule has 0 saturated carbocycles. The molecule has 5 nitrogen and oxygen atoms in total. The number of nitrogens with zero attached hydrogens (tertiary/aromatic N) is 3. The van der Waals surface area contributed by atoms with Gasteiger partial charge in [0.05, 0.1) is 11.3 Å². The van der Waals surface area contributed by atoms with Gasteiger partial charge in [0.25, 0.3) is 5.91 Å². The van der Waals surface area contributed by atoms with Crippen LogP contribution in [0.1, 0.15) is 29.0 Å². The molecule has 0 aliphatic carbocycles. The Labute approximate surface area is 130 Å². The van der Waals surface area contributed by atoms with Gasteiger partial charge in [-0.3, -0.25) is 4.79 Å². The summed E-state index contributed by atoms with van der Waals surface area (Å²) in [4.78, 5) is 20.9. The van der Waals surface area contributed by atoms with Crippen LogP contribution in [0.15, 0.2) is 42.6 Å². The summed E-state index contributed by atoms with van der Waals surface area (Å²) < 4.78 is 0. The van der Waals surface area contributed by atoms with Gasteiger partial charge in [0, 0.05) is 32.4 Å². The molecule has 5 heteroatoms. The molecular formula is C17H20N4O. The molecule has 0 unspecified atom stereocenters. The van der Waals surface area contributed by atoms with Crippen LogP contribution in [0.3, 0.4) is 0 Å². The molecule has 1 amide bonds. The van der Waals surface area contributed by atoms with Crippen molar-refractivity contribution in [1.82, 2.24) is 10.3 Å². The second-order valence-corrected chi connectivity index (χ2v) is 5.47. The van der Waals surface area contributed by atoms with Crippen molar-refractivity contribution >= 4 is 17.4 Å². The van der Waals surface area contributed by atoms with Crippen molar-refractivity contribution < 1.29 is 4.79 Å². The van der Waals surface area contributed by atoms with Crippen LogP contribution in [0.4, 0.5) is 11.5 Å². The predicted octanol–water partition coefficient (Wildman–Crippen LogP) is 2.42. The van der Waals surface area contributed by atoms with E-state index in [0.717, 1.165) is 23.6 Å². The number of carbonyl (C=O) groups excluding carboxylic acids is 1. The average Bonchev–Trinajstić information content (AvgIpc) is 2.57. The Hall–Kier alpha value is -2.56. The number of hydrogen-bond donors (Lipinski definition) is 1. The van der Waals surface area contributed by atoms with Crippen molar-refractivity contribution in [1.29, 1.82) is 0 Å². The van der Waals surface area contributed by atoms with Gasteiger partial charge < -0.3 is 15.1 Å². The Bertz CT molecular complexity index is 683. The number of rotatable bonds is 3. The number of pyridine rings is 1. The van der Waals surface area contributed by atoms with Gasteiger partial charge in [-0.1, -0.05) is 12.1 Å². The third-order valence-corrected chi connectivity index (χ3v) is 4.14. The maximum Gasteiger partial charge on any atom is 0.255 e. The fourth-order valence-electron chi connectivity index (χ4n) is 2.67. The Balaban J connectivity index is 1.91. The van der Waals surface area contributed by atoms with E-state index in [-0.39, 0.29) is 12.1 Å².